The second-order valence-electron chi connectivity index (χ2n) is 4.10. The summed E-state index contributed by atoms with van der Waals surface area (Å²) in [6, 6.07) is 4.46. The molecule has 0 aromatic heterocycles. The predicted octanol–water partition coefficient (Wildman–Crippen LogP) is 2.54. The highest BCUT2D eigenvalue weighted by Gasteiger charge is 2.19. The van der Waals surface area contributed by atoms with E-state index in [9.17, 15) is 4.79 Å². The van der Waals surface area contributed by atoms with Crippen LogP contribution in [-0.2, 0) is 4.79 Å². The summed E-state index contributed by atoms with van der Waals surface area (Å²) in [5.41, 5.74) is 6.54. The Morgan fingerprint density at radius 1 is 1.44 bits per heavy atom. The number of aryl methyl sites for hydroxylation is 1. The maximum absolute atomic E-state index is 11.6. The molecule has 0 aliphatic carbocycles. The van der Waals surface area contributed by atoms with Crippen molar-refractivity contribution in [1.82, 2.24) is 0 Å². The number of halogens is 1. The van der Waals surface area contributed by atoms with Crippen LogP contribution in [0.3, 0.4) is 0 Å². The summed E-state index contributed by atoms with van der Waals surface area (Å²) in [5.74, 6) is 0.112. The molecule has 88 valence electrons. The van der Waals surface area contributed by atoms with E-state index in [0.29, 0.717) is 10.8 Å². The lowest BCUT2D eigenvalue weighted by atomic mass is 10.1. The van der Waals surface area contributed by atoms with Crippen LogP contribution >= 0.6 is 11.6 Å². The van der Waals surface area contributed by atoms with Crippen molar-refractivity contribution in [2.75, 3.05) is 0 Å². The van der Waals surface area contributed by atoms with Crippen LogP contribution in [0.5, 0.6) is 5.75 Å². The zero-order chi connectivity index (χ0) is 12.3. The minimum Gasteiger partial charge on any atom is -0.425 e. The fraction of sp³-hybridized carbons (Fsp3) is 0.417. The van der Waals surface area contributed by atoms with Crippen LogP contribution in [0, 0.1) is 12.8 Å². The zero-order valence-corrected chi connectivity index (χ0v) is 10.4. The highest BCUT2D eigenvalue weighted by atomic mass is 35.5. The molecule has 3 nitrogen and oxygen atoms in total. The van der Waals surface area contributed by atoms with Crippen LogP contribution in [0.1, 0.15) is 19.4 Å². The molecular formula is C12H16ClNO2. The first-order valence-electron chi connectivity index (χ1n) is 5.15. The van der Waals surface area contributed by atoms with Gasteiger partial charge in [0, 0.05) is 5.02 Å². The number of benzene rings is 1. The van der Waals surface area contributed by atoms with Gasteiger partial charge in [-0.25, -0.2) is 4.79 Å². The van der Waals surface area contributed by atoms with E-state index < -0.39 is 12.0 Å². The van der Waals surface area contributed by atoms with Crippen LogP contribution in [0.4, 0.5) is 0 Å². The van der Waals surface area contributed by atoms with Crippen LogP contribution in [-0.4, -0.2) is 12.0 Å². The standard InChI is InChI=1S/C12H16ClNO2/c1-7(2)11(14)12(15)16-9-4-5-10(13)8(3)6-9/h4-7,11H,14H2,1-3H3. The van der Waals surface area contributed by atoms with Gasteiger partial charge in [-0.2, -0.15) is 0 Å². The largest absolute Gasteiger partial charge is 0.425 e. The van der Waals surface area contributed by atoms with Gasteiger partial charge in [0.1, 0.15) is 11.8 Å². The molecule has 0 aliphatic heterocycles. The number of carbonyl (C=O) groups excluding carboxylic acids is 1. The molecule has 0 saturated carbocycles. The SMILES string of the molecule is Cc1cc(OC(=O)C(N)C(C)C)ccc1Cl. The average Bonchev–Trinajstić information content (AvgIpc) is 2.22. The van der Waals surface area contributed by atoms with E-state index in [1.165, 1.54) is 0 Å². The summed E-state index contributed by atoms with van der Waals surface area (Å²) in [4.78, 5) is 11.6. The summed E-state index contributed by atoms with van der Waals surface area (Å²) in [6.45, 7) is 5.60. The number of hydrogen-bond donors (Lipinski definition) is 1. The lowest BCUT2D eigenvalue weighted by Crippen LogP contribution is -2.38. The van der Waals surface area contributed by atoms with Gasteiger partial charge in [0.15, 0.2) is 0 Å². The van der Waals surface area contributed by atoms with Gasteiger partial charge >= 0.3 is 5.97 Å². The number of hydrogen-bond acceptors (Lipinski definition) is 3. The number of carbonyl (C=O) groups is 1. The maximum atomic E-state index is 11.6. The van der Waals surface area contributed by atoms with Gasteiger partial charge in [0.2, 0.25) is 0 Å². The Hall–Kier alpha value is -1.06. The predicted molar refractivity (Wildman–Crippen MR) is 64.6 cm³/mol. The molecule has 0 bridgehead atoms. The molecule has 16 heavy (non-hydrogen) atoms. The zero-order valence-electron chi connectivity index (χ0n) is 9.66. The first-order valence-corrected chi connectivity index (χ1v) is 5.53. The maximum Gasteiger partial charge on any atom is 0.328 e. The van der Waals surface area contributed by atoms with Crippen LogP contribution in [0.15, 0.2) is 18.2 Å². The third-order valence-corrected chi connectivity index (χ3v) is 2.76. The fourth-order valence-corrected chi connectivity index (χ4v) is 1.25. The van der Waals surface area contributed by atoms with Crippen molar-refractivity contribution in [2.45, 2.75) is 26.8 Å². The fourth-order valence-electron chi connectivity index (χ4n) is 1.14. The van der Waals surface area contributed by atoms with Crippen molar-refractivity contribution in [3.63, 3.8) is 0 Å². The summed E-state index contributed by atoms with van der Waals surface area (Å²) < 4.78 is 5.15. The molecular weight excluding hydrogens is 226 g/mol. The molecule has 0 amide bonds. The van der Waals surface area contributed by atoms with Gasteiger partial charge in [-0.3, -0.25) is 0 Å². The minimum atomic E-state index is -0.601. The summed E-state index contributed by atoms with van der Waals surface area (Å²) in [5, 5.41) is 0.646. The minimum absolute atomic E-state index is 0.0564. The van der Waals surface area contributed by atoms with E-state index >= 15 is 0 Å². The lowest BCUT2D eigenvalue weighted by molar-refractivity contribution is -0.136. The molecule has 0 heterocycles. The summed E-state index contributed by atoms with van der Waals surface area (Å²) in [7, 11) is 0. The Bertz CT molecular complexity index is 391. The summed E-state index contributed by atoms with van der Waals surface area (Å²) in [6.07, 6.45) is 0. The van der Waals surface area contributed by atoms with Gasteiger partial charge < -0.3 is 10.5 Å². The van der Waals surface area contributed by atoms with Crippen molar-refractivity contribution in [1.29, 1.82) is 0 Å². The Labute approximate surface area is 101 Å². The molecule has 2 N–H and O–H groups in total. The third kappa shape index (κ3) is 3.22. The highest BCUT2D eigenvalue weighted by Crippen LogP contribution is 2.21. The molecule has 0 fully saturated rings. The Morgan fingerprint density at radius 2 is 2.06 bits per heavy atom. The molecule has 1 unspecified atom stereocenters. The second kappa shape index (κ2) is 5.32. The van der Waals surface area contributed by atoms with Gasteiger partial charge in [-0.1, -0.05) is 25.4 Å². The molecule has 0 radical (unpaired) electrons. The van der Waals surface area contributed by atoms with Crippen molar-refractivity contribution in [2.24, 2.45) is 11.7 Å². The molecule has 0 saturated heterocycles. The van der Waals surface area contributed by atoms with Gasteiger partial charge in [-0.05, 0) is 36.6 Å². The Morgan fingerprint density at radius 3 is 2.56 bits per heavy atom. The van der Waals surface area contributed by atoms with Crippen LogP contribution < -0.4 is 10.5 Å². The normalized spacial score (nSPS) is 12.6. The molecule has 0 spiro atoms. The van der Waals surface area contributed by atoms with E-state index in [0.717, 1.165) is 5.56 Å². The topological polar surface area (TPSA) is 52.3 Å². The first kappa shape index (κ1) is 13.0. The molecule has 1 aromatic carbocycles. The van der Waals surface area contributed by atoms with Crippen molar-refractivity contribution in [3.8, 4) is 5.75 Å². The third-order valence-electron chi connectivity index (χ3n) is 2.34. The number of esters is 1. The number of nitrogens with two attached hydrogens (primary N) is 1. The average molecular weight is 242 g/mol. The summed E-state index contributed by atoms with van der Waals surface area (Å²) >= 11 is 5.87. The highest BCUT2D eigenvalue weighted by molar-refractivity contribution is 6.31. The Kier molecular flexibility index (Phi) is 4.33. The van der Waals surface area contributed by atoms with E-state index in [2.05, 4.69) is 0 Å². The van der Waals surface area contributed by atoms with E-state index in [1.54, 1.807) is 18.2 Å². The van der Waals surface area contributed by atoms with E-state index in [1.807, 2.05) is 20.8 Å². The number of ether oxygens (including phenoxy) is 1. The van der Waals surface area contributed by atoms with Crippen molar-refractivity contribution in [3.05, 3.63) is 28.8 Å². The van der Waals surface area contributed by atoms with E-state index in [4.69, 9.17) is 22.1 Å². The van der Waals surface area contributed by atoms with Gasteiger partial charge in [0.05, 0.1) is 0 Å². The van der Waals surface area contributed by atoms with Gasteiger partial charge in [-0.15, -0.1) is 0 Å². The second-order valence-corrected chi connectivity index (χ2v) is 4.51. The lowest BCUT2D eigenvalue weighted by Gasteiger charge is -2.14. The molecule has 1 atom stereocenters. The smallest absolute Gasteiger partial charge is 0.328 e. The van der Waals surface area contributed by atoms with Crippen molar-refractivity contribution < 1.29 is 9.53 Å². The van der Waals surface area contributed by atoms with Crippen molar-refractivity contribution >= 4 is 17.6 Å². The first-order chi connectivity index (χ1) is 7.41. The van der Waals surface area contributed by atoms with E-state index in [-0.39, 0.29) is 5.92 Å². The van der Waals surface area contributed by atoms with Crippen LogP contribution in [0.25, 0.3) is 0 Å². The van der Waals surface area contributed by atoms with Gasteiger partial charge in [0.25, 0.3) is 0 Å². The van der Waals surface area contributed by atoms with Crippen LogP contribution in [0.2, 0.25) is 5.02 Å². The molecule has 4 heteroatoms. The Balaban J connectivity index is 2.74. The monoisotopic (exact) mass is 241 g/mol. The molecule has 1 rings (SSSR count). The number of rotatable bonds is 3. The quantitative estimate of drug-likeness (QED) is 0.654. The molecule has 0 aliphatic rings. The molecule has 1 aromatic rings.